The Morgan fingerprint density at radius 2 is 2.11 bits per heavy atom. The van der Waals surface area contributed by atoms with Gasteiger partial charge in [0.25, 0.3) is 0 Å². The van der Waals surface area contributed by atoms with Crippen LogP contribution in [0.25, 0.3) is 0 Å². The average molecular weight is 339 g/mol. The van der Waals surface area contributed by atoms with E-state index in [0.29, 0.717) is 4.47 Å². The lowest BCUT2D eigenvalue weighted by atomic mass is 10.3. The van der Waals surface area contributed by atoms with Crippen molar-refractivity contribution in [3.05, 3.63) is 28.5 Å². The number of benzene rings is 1. The third-order valence-corrected chi connectivity index (χ3v) is 4.25. The van der Waals surface area contributed by atoms with Gasteiger partial charge in [0.05, 0.1) is 0 Å². The number of likely N-dealkylation sites (N-methyl/N-ethyl adjacent to an activating group) is 1. The van der Waals surface area contributed by atoms with Gasteiger partial charge < -0.3 is 5.32 Å². The van der Waals surface area contributed by atoms with Crippen molar-refractivity contribution in [2.75, 3.05) is 13.1 Å². The number of hydrogen-bond acceptors (Lipinski definition) is 3. The molecule has 0 fully saturated rings. The SMILES string of the molecule is CCN[C@H](C)CNS(=O)(=O)c1cc(Br)ccc1F. The molecule has 1 atom stereocenters. The van der Waals surface area contributed by atoms with Gasteiger partial charge in [-0.3, -0.25) is 0 Å². The molecule has 0 radical (unpaired) electrons. The molecule has 0 unspecified atom stereocenters. The zero-order valence-electron chi connectivity index (χ0n) is 10.2. The van der Waals surface area contributed by atoms with Crippen molar-refractivity contribution in [1.82, 2.24) is 10.0 Å². The van der Waals surface area contributed by atoms with Crippen LogP contribution >= 0.6 is 15.9 Å². The molecule has 0 bridgehead atoms. The third-order valence-electron chi connectivity index (χ3n) is 2.31. The topological polar surface area (TPSA) is 58.2 Å². The first-order valence-corrected chi connectivity index (χ1v) is 7.82. The fourth-order valence-electron chi connectivity index (χ4n) is 1.42. The van der Waals surface area contributed by atoms with Crippen molar-refractivity contribution in [3.8, 4) is 0 Å². The Balaban J connectivity index is 2.83. The first-order valence-electron chi connectivity index (χ1n) is 5.55. The molecule has 0 spiro atoms. The van der Waals surface area contributed by atoms with Gasteiger partial charge in [0.15, 0.2) is 0 Å². The van der Waals surface area contributed by atoms with E-state index in [1.807, 2.05) is 13.8 Å². The standard InChI is InChI=1S/C11H16BrFN2O2S/c1-3-14-8(2)7-15-18(16,17)11-6-9(12)4-5-10(11)13/h4-6,8,14-15H,3,7H2,1-2H3/t8-/m1/s1. The highest BCUT2D eigenvalue weighted by Crippen LogP contribution is 2.19. The predicted octanol–water partition coefficient (Wildman–Crippen LogP) is 1.86. The normalized spacial score (nSPS) is 13.6. The van der Waals surface area contributed by atoms with Crippen LogP contribution in [0.4, 0.5) is 4.39 Å². The van der Waals surface area contributed by atoms with E-state index >= 15 is 0 Å². The highest BCUT2D eigenvalue weighted by molar-refractivity contribution is 9.10. The zero-order chi connectivity index (χ0) is 13.8. The van der Waals surface area contributed by atoms with Gasteiger partial charge in [-0.15, -0.1) is 0 Å². The first kappa shape index (κ1) is 15.6. The summed E-state index contributed by atoms with van der Waals surface area (Å²) in [5, 5.41) is 3.07. The molecule has 0 heterocycles. The second-order valence-electron chi connectivity index (χ2n) is 3.89. The molecule has 1 aromatic carbocycles. The van der Waals surface area contributed by atoms with Gasteiger partial charge >= 0.3 is 0 Å². The van der Waals surface area contributed by atoms with Crippen LogP contribution in [0.15, 0.2) is 27.6 Å². The minimum absolute atomic E-state index is 0.0139. The summed E-state index contributed by atoms with van der Waals surface area (Å²) >= 11 is 3.12. The summed E-state index contributed by atoms with van der Waals surface area (Å²) in [5.74, 6) is -0.762. The van der Waals surface area contributed by atoms with Gasteiger partial charge in [-0.05, 0) is 31.7 Å². The van der Waals surface area contributed by atoms with E-state index < -0.39 is 15.8 Å². The Bertz CT molecular complexity index is 508. The summed E-state index contributed by atoms with van der Waals surface area (Å²) in [5.41, 5.74) is 0. The molecule has 102 valence electrons. The van der Waals surface area contributed by atoms with Crippen LogP contribution in [-0.2, 0) is 10.0 Å². The quantitative estimate of drug-likeness (QED) is 0.832. The van der Waals surface area contributed by atoms with Crippen molar-refractivity contribution in [2.45, 2.75) is 24.8 Å². The smallest absolute Gasteiger partial charge is 0.243 e. The first-order chi connectivity index (χ1) is 8.36. The molecule has 0 aromatic heterocycles. The lowest BCUT2D eigenvalue weighted by Crippen LogP contribution is -2.39. The molecule has 0 saturated heterocycles. The van der Waals surface area contributed by atoms with Crippen LogP contribution in [0.1, 0.15) is 13.8 Å². The summed E-state index contributed by atoms with van der Waals surface area (Å²) in [6.07, 6.45) is 0. The fourth-order valence-corrected chi connectivity index (χ4v) is 3.16. The zero-order valence-corrected chi connectivity index (χ0v) is 12.6. The van der Waals surface area contributed by atoms with Gasteiger partial charge in [-0.1, -0.05) is 22.9 Å². The van der Waals surface area contributed by atoms with Gasteiger partial charge in [0.2, 0.25) is 10.0 Å². The van der Waals surface area contributed by atoms with Crippen molar-refractivity contribution in [1.29, 1.82) is 0 Å². The molecule has 18 heavy (non-hydrogen) atoms. The molecule has 7 heteroatoms. The second-order valence-corrected chi connectivity index (χ2v) is 6.54. The fraction of sp³-hybridized carbons (Fsp3) is 0.455. The number of nitrogens with one attached hydrogen (secondary N) is 2. The lowest BCUT2D eigenvalue weighted by Gasteiger charge is -2.14. The lowest BCUT2D eigenvalue weighted by molar-refractivity contribution is 0.528. The van der Waals surface area contributed by atoms with E-state index in [1.54, 1.807) is 0 Å². The molecule has 1 rings (SSSR count). The van der Waals surface area contributed by atoms with E-state index in [0.717, 1.165) is 12.6 Å². The predicted molar refractivity (Wildman–Crippen MR) is 72.4 cm³/mol. The van der Waals surface area contributed by atoms with Crippen molar-refractivity contribution < 1.29 is 12.8 Å². The van der Waals surface area contributed by atoms with Gasteiger partial charge in [0, 0.05) is 17.1 Å². The Labute approximate surface area is 115 Å². The van der Waals surface area contributed by atoms with Gasteiger partial charge in [-0.2, -0.15) is 0 Å². The van der Waals surface area contributed by atoms with E-state index in [9.17, 15) is 12.8 Å². The molecule has 0 saturated carbocycles. The van der Waals surface area contributed by atoms with Crippen LogP contribution in [0.3, 0.4) is 0 Å². The van der Waals surface area contributed by atoms with Crippen LogP contribution < -0.4 is 10.0 Å². The van der Waals surface area contributed by atoms with Gasteiger partial charge in [-0.25, -0.2) is 17.5 Å². The van der Waals surface area contributed by atoms with E-state index in [2.05, 4.69) is 26.0 Å². The molecular formula is C11H16BrFN2O2S. The molecule has 0 aliphatic heterocycles. The average Bonchev–Trinajstić information content (AvgIpc) is 2.30. The van der Waals surface area contributed by atoms with Gasteiger partial charge in [0.1, 0.15) is 10.7 Å². The maximum absolute atomic E-state index is 13.5. The number of rotatable bonds is 6. The molecule has 0 aliphatic carbocycles. The van der Waals surface area contributed by atoms with Crippen molar-refractivity contribution >= 4 is 26.0 Å². The minimum Gasteiger partial charge on any atom is -0.313 e. The van der Waals surface area contributed by atoms with E-state index in [1.165, 1.54) is 12.1 Å². The third kappa shape index (κ3) is 4.31. The Morgan fingerprint density at radius 1 is 1.44 bits per heavy atom. The molecule has 0 aliphatic rings. The van der Waals surface area contributed by atoms with E-state index in [-0.39, 0.29) is 17.5 Å². The van der Waals surface area contributed by atoms with Crippen molar-refractivity contribution in [2.24, 2.45) is 0 Å². The summed E-state index contributed by atoms with van der Waals surface area (Å²) in [7, 11) is -3.82. The summed E-state index contributed by atoms with van der Waals surface area (Å²) in [6.45, 7) is 4.73. The highest BCUT2D eigenvalue weighted by atomic mass is 79.9. The monoisotopic (exact) mass is 338 g/mol. The Morgan fingerprint density at radius 3 is 2.72 bits per heavy atom. The largest absolute Gasteiger partial charge is 0.313 e. The van der Waals surface area contributed by atoms with Crippen LogP contribution in [0.2, 0.25) is 0 Å². The summed E-state index contributed by atoms with van der Waals surface area (Å²) < 4.78 is 40.2. The molecule has 2 N–H and O–H groups in total. The maximum atomic E-state index is 13.5. The Kier molecular flexibility index (Phi) is 5.71. The van der Waals surface area contributed by atoms with Crippen molar-refractivity contribution in [3.63, 3.8) is 0 Å². The van der Waals surface area contributed by atoms with E-state index in [4.69, 9.17) is 0 Å². The number of halogens is 2. The Hall–Kier alpha value is -0.500. The summed E-state index contributed by atoms with van der Waals surface area (Å²) in [6, 6.07) is 3.80. The highest BCUT2D eigenvalue weighted by Gasteiger charge is 2.19. The molecular weight excluding hydrogens is 323 g/mol. The number of sulfonamides is 1. The minimum atomic E-state index is -3.82. The second kappa shape index (κ2) is 6.60. The number of hydrogen-bond donors (Lipinski definition) is 2. The maximum Gasteiger partial charge on any atom is 0.243 e. The molecule has 4 nitrogen and oxygen atoms in total. The van der Waals surface area contributed by atoms with Crippen LogP contribution in [0.5, 0.6) is 0 Å². The summed E-state index contributed by atoms with van der Waals surface area (Å²) in [4.78, 5) is -0.347. The van der Waals surface area contributed by atoms with Crippen LogP contribution in [0, 0.1) is 5.82 Å². The molecule has 1 aromatic rings. The van der Waals surface area contributed by atoms with Crippen LogP contribution in [-0.4, -0.2) is 27.5 Å². The molecule has 0 amide bonds.